The number of hydrogen-bond donors (Lipinski definition) is 1. The van der Waals surface area contributed by atoms with Gasteiger partial charge < -0.3 is 9.47 Å². The van der Waals surface area contributed by atoms with Crippen LogP contribution in [0, 0.1) is 0 Å². The monoisotopic (exact) mass is 395 g/mol. The van der Waals surface area contributed by atoms with E-state index in [4.69, 9.17) is 21.1 Å². The molecule has 3 rings (SSSR count). The van der Waals surface area contributed by atoms with Crippen LogP contribution < -0.4 is 14.2 Å². The van der Waals surface area contributed by atoms with Gasteiger partial charge in [-0.05, 0) is 41.8 Å². The molecule has 0 saturated carbocycles. The highest BCUT2D eigenvalue weighted by molar-refractivity contribution is 7.94. The summed E-state index contributed by atoms with van der Waals surface area (Å²) in [5.74, 6) is 1.48. The summed E-state index contributed by atoms with van der Waals surface area (Å²) >= 11 is 7.14. The maximum atomic E-state index is 12.5. The van der Waals surface area contributed by atoms with Gasteiger partial charge in [0.05, 0.1) is 12.8 Å². The number of anilines is 1. The molecule has 0 aliphatic carbocycles. The third-order valence-corrected chi connectivity index (χ3v) is 6.21. The molecule has 0 saturated heterocycles. The van der Waals surface area contributed by atoms with Gasteiger partial charge in [-0.2, -0.15) is 0 Å². The molecule has 8 heteroatoms. The van der Waals surface area contributed by atoms with E-state index in [1.54, 1.807) is 55.0 Å². The second-order valence-electron chi connectivity index (χ2n) is 4.96. The zero-order valence-corrected chi connectivity index (χ0v) is 15.5. The van der Waals surface area contributed by atoms with Gasteiger partial charge in [-0.3, -0.25) is 4.72 Å². The summed E-state index contributed by atoms with van der Waals surface area (Å²) < 4.78 is 38.6. The average Bonchev–Trinajstić information content (AvgIpc) is 3.13. The van der Waals surface area contributed by atoms with Crippen LogP contribution in [-0.2, 0) is 10.0 Å². The maximum Gasteiger partial charge on any atom is 0.271 e. The minimum atomic E-state index is -3.71. The Kier molecular flexibility index (Phi) is 5.17. The lowest BCUT2D eigenvalue weighted by Gasteiger charge is -2.14. The van der Waals surface area contributed by atoms with Gasteiger partial charge in [0.1, 0.15) is 15.7 Å². The predicted octanol–water partition coefficient (Wildman–Crippen LogP) is 5.00. The fourth-order valence-electron chi connectivity index (χ4n) is 2.07. The van der Waals surface area contributed by atoms with Crippen molar-refractivity contribution in [2.45, 2.75) is 4.21 Å². The minimum absolute atomic E-state index is 0.208. The SMILES string of the molecule is COc1cccc(Oc2ccc(Cl)cc2NS(=O)(=O)c2cccs2)c1. The van der Waals surface area contributed by atoms with Crippen molar-refractivity contribution in [3.63, 3.8) is 0 Å². The van der Waals surface area contributed by atoms with E-state index >= 15 is 0 Å². The van der Waals surface area contributed by atoms with E-state index < -0.39 is 10.0 Å². The molecule has 0 aliphatic heterocycles. The normalized spacial score (nSPS) is 11.1. The molecular formula is C17H14ClNO4S2. The first kappa shape index (κ1) is 17.6. The molecule has 0 bridgehead atoms. The van der Waals surface area contributed by atoms with Crippen LogP contribution in [0.2, 0.25) is 5.02 Å². The fraction of sp³-hybridized carbons (Fsp3) is 0.0588. The molecule has 0 radical (unpaired) electrons. The second kappa shape index (κ2) is 7.35. The summed E-state index contributed by atoms with van der Waals surface area (Å²) in [5.41, 5.74) is 0.253. The van der Waals surface area contributed by atoms with Crippen molar-refractivity contribution in [3.05, 3.63) is 65.0 Å². The van der Waals surface area contributed by atoms with E-state index in [2.05, 4.69) is 4.72 Å². The van der Waals surface area contributed by atoms with Gasteiger partial charge in [0.15, 0.2) is 5.75 Å². The van der Waals surface area contributed by atoms with Crippen LogP contribution in [0.1, 0.15) is 0 Å². The Morgan fingerprint density at radius 3 is 2.56 bits per heavy atom. The van der Waals surface area contributed by atoms with Crippen molar-refractivity contribution in [3.8, 4) is 17.2 Å². The number of thiophene rings is 1. The molecule has 1 heterocycles. The summed E-state index contributed by atoms with van der Waals surface area (Å²) in [6.07, 6.45) is 0. The molecule has 25 heavy (non-hydrogen) atoms. The van der Waals surface area contributed by atoms with Gasteiger partial charge in [-0.25, -0.2) is 8.42 Å². The van der Waals surface area contributed by atoms with E-state index in [-0.39, 0.29) is 9.90 Å². The van der Waals surface area contributed by atoms with E-state index in [0.29, 0.717) is 22.3 Å². The Labute approximate surface area is 154 Å². The molecular weight excluding hydrogens is 382 g/mol. The molecule has 0 spiro atoms. The second-order valence-corrected chi connectivity index (χ2v) is 8.25. The molecule has 0 unspecified atom stereocenters. The lowest BCUT2D eigenvalue weighted by atomic mass is 10.3. The van der Waals surface area contributed by atoms with Crippen LogP contribution >= 0.6 is 22.9 Å². The summed E-state index contributed by atoms with van der Waals surface area (Å²) in [4.78, 5) is 0. The van der Waals surface area contributed by atoms with Crippen LogP contribution in [0.25, 0.3) is 0 Å². The van der Waals surface area contributed by atoms with Crippen LogP contribution in [0.5, 0.6) is 17.2 Å². The Balaban J connectivity index is 1.93. The van der Waals surface area contributed by atoms with Gasteiger partial charge in [0.2, 0.25) is 0 Å². The first-order valence-electron chi connectivity index (χ1n) is 7.16. The summed E-state index contributed by atoms with van der Waals surface area (Å²) in [5, 5.41) is 2.09. The van der Waals surface area contributed by atoms with Crippen LogP contribution in [0.3, 0.4) is 0 Å². The lowest BCUT2D eigenvalue weighted by molar-refractivity contribution is 0.409. The largest absolute Gasteiger partial charge is 0.497 e. The number of ether oxygens (including phenoxy) is 2. The third-order valence-electron chi connectivity index (χ3n) is 3.21. The molecule has 3 aromatic rings. The van der Waals surface area contributed by atoms with Crippen LogP contribution in [-0.4, -0.2) is 15.5 Å². The number of rotatable bonds is 6. The number of methoxy groups -OCH3 is 1. The highest BCUT2D eigenvalue weighted by atomic mass is 35.5. The number of hydrogen-bond acceptors (Lipinski definition) is 5. The number of nitrogens with one attached hydrogen (secondary N) is 1. The van der Waals surface area contributed by atoms with Crippen molar-refractivity contribution in [1.29, 1.82) is 0 Å². The molecule has 1 N–H and O–H groups in total. The van der Waals surface area contributed by atoms with Gasteiger partial charge in [0.25, 0.3) is 10.0 Å². The van der Waals surface area contributed by atoms with Gasteiger partial charge in [0, 0.05) is 11.1 Å². The molecule has 130 valence electrons. The Bertz CT molecular complexity index is 972. The number of halogens is 1. The molecule has 0 atom stereocenters. The standard InChI is InChI=1S/C17H14ClNO4S2/c1-22-13-4-2-5-14(11-13)23-16-8-7-12(18)10-15(16)19-25(20,21)17-6-3-9-24-17/h2-11,19H,1H3. The van der Waals surface area contributed by atoms with Gasteiger partial charge >= 0.3 is 0 Å². The van der Waals surface area contributed by atoms with Crippen molar-refractivity contribution in [2.75, 3.05) is 11.8 Å². The van der Waals surface area contributed by atoms with Crippen LogP contribution in [0.15, 0.2) is 64.2 Å². The highest BCUT2D eigenvalue weighted by Crippen LogP contribution is 2.34. The van der Waals surface area contributed by atoms with Crippen LogP contribution in [0.4, 0.5) is 5.69 Å². The highest BCUT2D eigenvalue weighted by Gasteiger charge is 2.18. The van der Waals surface area contributed by atoms with Crippen molar-refractivity contribution >= 4 is 38.6 Å². The molecule has 5 nitrogen and oxygen atoms in total. The molecule has 0 aliphatic rings. The average molecular weight is 396 g/mol. The fourth-order valence-corrected chi connectivity index (χ4v) is 4.30. The summed E-state index contributed by atoms with van der Waals surface area (Å²) in [7, 11) is -2.15. The Hall–Kier alpha value is -2.22. The minimum Gasteiger partial charge on any atom is -0.497 e. The maximum absolute atomic E-state index is 12.5. The van der Waals surface area contributed by atoms with E-state index in [1.807, 2.05) is 0 Å². The summed E-state index contributed by atoms with van der Waals surface area (Å²) in [6, 6.07) is 14.9. The third kappa shape index (κ3) is 4.25. The zero-order valence-electron chi connectivity index (χ0n) is 13.1. The van der Waals surface area contributed by atoms with E-state index in [1.165, 1.54) is 12.1 Å². The van der Waals surface area contributed by atoms with E-state index in [0.717, 1.165) is 11.3 Å². The first-order chi connectivity index (χ1) is 12.0. The van der Waals surface area contributed by atoms with E-state index in [9.17, 15) is 8.42 Å². The van der Waals surface area contributed by atoms with Gasteiger partial charge in [-0.15, -0.1) is 11.3 Å². The quantitative estimate of drug-likeness (QED) is 0.637. The zero-order chi connectivity index (χ0) is 17.9. The lowest BCUT2D eigenvalue weighted by Crippen LogP contribution is -2.12. The number of sulfonamides is 1. The van der Waals surface area contributed by atoms with Crippen molar-refractivity contribution in [2.24, 2.45) is 0 Å². The summed E-state index contributed by atoms with van der Waals surface area (Å²) in [6.45, 7) is 0. The Morgan fingerprint density at radius 2 is 1.84 bits per heavy atom. The number of benzene rings is 2. The Morgan fingerprint density at radius 1 is 1.04 bits per heavy atom. The first-order valence-corrected chi connectivity index (χ1v) is 9.90. The predicted molar refractivity (Wildman–Crippen MR) is 99.6 cm³/mol. The smallest absolute Gasteiger partial charge is 0.271 e. The van der Waals surface area contributed by atoms with Crippen molar-refractivity contribution in [1.82, 2.24) is 0 Å². The molecule has 1 aromatic heterocycles. The van der Waals surface area contributed by atoms with Crippen molar-refractivity contribution < 1.29 is 17.9 Å². The molecule has 0 amide bonds. The topological polar surface area (TPSA) is 64.6 Å². The van der Waals surface area contributed by atoms with Gasteiger partial charge in [-0.1, -0.05) is 23.7 Å². The molecule has 0 fully saturated rings. The molecule has 2 aromatic carbocycles.